The SMILES string of the molecule is CCCCCCCCCCCCCCCCCCCCCCCC(=O)OCC(O)COC(=O)CC(O)C(=O)O. The Morgan fingerprint density at radius 2 is 0.872 bits per heavy atom. The van der Waals surface area contributed by atoms with Gasteiger partial charge in [0.2, 0.25) is 0 Å². The Hall–Kier alpha value is -1.67. The fourth-order valence-corrected chi connectivity index (χ4v) is 4.50. The van der Waals surface area contributed by atoms with Crippen molar-refractivity contribution in [3.63, 3.8) is 0 Å². The predicted molar refractivity (Wildman–Crippen MR) is 153 cm³/mol. The molecule has 8 nitrogen and oxygen atoms in total. The first kappa shape index (κ1) is 37.3. The molecular formula is C31H58O8. The summed E-state index contributed by atoms with van der Waals surface area (Å²) in [6.45, 7) is 1.54. The summed E-state index contributed by atoms with van der Waals surface area (Å²) < 4.78 is 9.64. The normalized spacial score (nSPS) is 12.7. The molecule has 3 N–H and O–H groups in total. The molecule has 0 aliphatic carbocycles. The van der Waals surface area contributed by atoms with Crippen molar-refractivity contribution in [1.82, 2.24) is 0 Å². The molecule has 230 valence electrons. The van der Waals surface area contributed by atoms with Gasteiger partial charge >= 0.3 is 17.9 Å². The monoisotopic (exact) mass is 558 g/mol. The Balaban J connectivity index is 3.34. The zero-order chi connectivity index (χ0) is 29.0. The average molecular weight is 559 g/mol. The van der Waals surface area contributed by atoms with Crippen molar-refractivity contribution in [1.29, 1.82) is 0 Å². The highest BCUT2D eigenvalue weighted by Crippen LogP contribution is 2.15. The first-order valence-electron chi connectivity index (χ1n) is 15.8. The molecule has 0 rings (SSSR count). The third-order valence-corrected chi connectivity index (χ3v) is 7.00. The van der Waals surface area contributed by atoms with Gasteiger partial charge in [-0.1, -0.05) is 135 Å². The number of carbonyl (C=O) groups is 3. The largest absolute Gasteiger partial charge is 0.479 e. The van der Waals surface area contributed by atoms with E-state index in [0.717, 1.165) is 19.3 Å². The summed E-state index contributed by atoms with van der Waals surface area (Å²) in [4.78, 5) is 33.6. The number of hydrogen-bond donors (Lipinski definition) is 3. The molecule has 0 aliphatic heterocycles. The first-order valence-corrected chi connectivity index (χ1v) is 15.8. The van der Waals surface area contributed by atoms with E-state index in [9.17, 15) is 19.5 Å². The number of aliphatic carboxylic acids is 1. The van der Waals surface area contributed by atoms with E-state index < -0.39 is 43.1 Å². The van der Waals surface area contributed by atoms with Crippen molar-refractivity contribution in [3.05, 3.63) is 0 Å². The number of unbranched alkanes of at least 4 members (excludes halogenated alkanes) is 20. The fraction of sp³-hybridized carbons (Fsp3) is 0.903. The number of carbonyl (C=O) groups excluding carboxylic acids is 2. The summed E-state index contributed by atoms with van der Waals surface area (Å²) in [5, 5.41) is 27.3. The summed E-state index contributed by atoms with van der Waals surface area (Å²) in [5.74, 6) is -2.88. The van der Waals surface area contributed by atoms with Gasteiger partial charge in [-0.2, -0.15) is 0 Å². The molecule has 0 bridgehead atoms. The Morgan fingerprint density at radius 1 is 0.538 bits per heavy atom. The molecule has 0 saturated heterocycles. The zero-order valence-electron chi connectivity index (χ0n) is 24.7. The number of esters is 2. The van der Waals surface area contributed by atoms with Crippen LogP contribution < -0.4 is 0 Å². The molecule has 0 fully saturated rings. The van der Waals surface area contributed by atoms with Gasteiger partial charge in [-0.25, -0.2) is 4.79 Å². The second kappa shape index (κ2) is 27.9. The number of carboxylic acids is 1. The van der Waals surface area contributed by atoms with E-state index in [-0.39, 0.29) is 13.0 Å². The van der Waals surface area contributed by atoms with Crippen LogP contribution in [0.4, 0.5) is 0 Å². The highest BCUT2D eigenvalue weighted by molar-refractivity contribution is 5.80. The van der Waals surface area contributed by atoms with Crippen LogP contribution >= 0.6 is 0 Å². The maximum absolute atomic E-state index is 11.8. The van der Waals surface area contributed by atoms with E-state index >= 15 is 0 Å². The molecule has 0 aromatic carbocycles. The Morgan fingerprint density at radius 3 is 1.23 bits per heavy atom. The molecule has 2 unspecified atom stereocenters. The van der Waals surface area contributed by atoms with Gasteiger partial charge in [0, 0.05) is 6.42 Å². The quantitative estimate of drug-likeness (QED) is 0.0669. The molecule has 0 spiro atoms. The van der Waals surface area contributed by atoms with Crippen LogP contribution in [-0.4, -0.2) is 58.6 Å². The van der Waals surface area contributed by atoms with Crippen LogP contribution in [0.25, 0.3) is 0 Å². The molecule has 0 aromatic rings. The van der Waals surface area contributed by atoms with Gasteiger partial charge in [0.25, 0.3) is 0 Å². The van der Waals surface area contributed by atoms with Crippen LogP contribution in [-0.2, 0) is 23.9 Å². The molecule has 0 aliphatic rings. The van der Waals surface area contributed by atoms with E-state index in [1.807, 2.05) is 0 Å². The number of aliphatic hydroxyl groups excluding tert-OH is 2. The molecular weight excluding hydrogens is 500 g/mol. The van der Waals surface area contributed by atoms with Gasteiger partial charge in [-0.05, 0) is 6.42 Å². The van der Waals surface area contributed by atoms with Gasteiger partial charge < -0.3 is 24.8 Å². The number of ether oxygens (including phenoxy) is 2. The number of hydrogen-bond acceptors (Lipinski definition) is 7. The van der Waals surface area contributed by atoms with E-state index in [1.54, 1.807) is 0 Å². The molecule has 0 heterocycles. The molecule has 0 saturated carbocycles. The van der Waals surface area contributed by atoms with Gasteiger partial charge in [0.05, 0.1) is 6.42 Å². The molecule has 8 heteroatoms. The Bertz CT molecular complexity index is 595. The first-order chi connectivity index (χ1) is 18.9. The van der Waals surface area contributed by atoms with Crippen molar-refractivity contribution in [2.45, 2.75) is 167 Å². The summed E-state index contributed by atoms with van der Waals surface area (Å²) in [5.41, 5.74) is 0. The van der Waals surface area contributed by atoms with Crippen LogP contribution in [0.3, 0.4) is 0 Å². The molecule has 39 heavy (non-hydrogen) atoms. The second-order valence-corrected chi connectivity index (χ2v) is 10.9. The molecule has 2 atom stereocenters. The van der Waals surface area contributed by atoms with Crippen LogP contribution in [0.15, 0.2) is 0 Å². The van der Waals surface area contributed by atoms with E-state index in [1.165, 1.54) is 116 Å². The lowest BCUT2D eigenvalue weighted by atomic mass is 10.0. The number of aliphatic hydroxyl groups is 2. The minimum atomic E-state index is -1.85. The highest BCUT2D eigenvalue weighted by Gasteiger charge is 2.20. The summed E-state index contributed by atoms with van der Waals surface area (Å²) in [7, 11) is 0. The summed E-state index contributed by atoms with van der Waals surface area (Å²) >= 11 is 0. The van der Waals surface area contributed by atoms with E-state index in [4.69, 9.17) is 14.9 Å². The molecule has 0 aromatic heterocycles. The van der Waals surface area contributed by atoms with Crippen LogP contribution in [0.5, 0.6) is 0 Å². The Labute approximate surface area is 237 Å². The van der Waals surface area contributed by atoms with Gasteiger partial charge in [0.15, 0.2) is 6.10 Å². The van der Waals surface area contributed by atoms with Crippen molar-refractivity contribution in [2.75, 3.05) is 13.2 Å². The maximum Gasteiger partial charge on any atom is 0.333 e. The molecule has 0 radical (unpaired) electrons. The maximum atomic E-state index is 11.8. The van der Waals surface area contributed by atoms with Gasteiger partial charge in [-0.3, -0.25) is 9.59 Å². The highest BCUT2D eigenvalue weighted by atomic mass is 16.6. The predicted octanol–water partition coefficient (Wildman–Crippen LogP) is 6.87. The minimum absolute atomic E-state index is 0.288. The standard InChI is InChI=1S/C31H58O8/c1-2-3-4-5-6-7-8-9-10-11-12-13-14-15-16-17-18-19-20-21-22-23-29(34)38-25-27(32)26-39-30(35)24-28(33)31(36)37/h27-28,32-33H,2-26H2,1H3,(H,36,37). The van der Waals surface area contributed by atoms with E-state index in [2.05, 4.69) is 11.7 Å². The van der Waals surface area contributed by atoms with Crippen molar-refractivity contribution in [3.8, 4) is 0 Å². The third-order valence-electron chi connectivity index (χ3n) is 7.00. The van der Waals surface area contributed by atoms with Gasteiger partial charge in [0.1, 0.15) is 19.3 Å². The smallest absolute Gasteiger partial charge is 0.333 e. The zero-order valence-corrected chi connectivity index (χ0v) is 24.7. The second-order valence-electron chi connectivity index (χ2n) is 10.9. The lowest BCUT2D eigenvalue weighted by molar-refractivity contribution is -0.159. The van der Waals surface area contributed by atoms with Crippen molar-refractivity contribution in [2.24, 2.45) is 0 Å². The summed E-state index contributed by atoms with van der Waals surface area (Å²) in [6, 6.07) is 0. The van der Waals surface area contributed by atoms with Crippen LogP contribution in [0.2, 0.25) is 0 Å². The van der Waals surface area contributed by atoms with E-state index in [0.29, 0.717) is 0 Å². The number of carboxylic acid groups (broad SMARTS) is 1. The minimum Gasteiger partial charge on any atom is -0.479 e. The average Bonchev–Trinajstić information content (AvgIpc) is 2.91. The van der Waals surface area contributed by atoms with Crippen molar-refractivity contribution < 1.29 is 39.2 Å². The fourth-order valence-electron chi connectivity index (χ4n) is 4.50. The lowest BCUT2D eigenvalue weighted by Gasteiger charge is -2.12. The lowest BCUT2D eigenvalue weighted by Crippen LogP contribution is -2.28. The summed E-state index contributed by atoms with van der Waals surface area (Å²) in [6.07, 6.45) is 24.0. The number of rotatable bonds is 29. The van der Waals surface area contributed by atoms with Gasteiger partial charge in [-0.15, -0.1) is 0 Å². The van der Waals surface area contributed by atoms with Crippen LogP contribution in [0.1, 0.15) is 155 Å². The Kier molecular flexibility index (Phi) is 26.7. The molecule has 0 amide bonds. The van der Waals surface area contributed by atoms with Crippen LogP contribution in [0, 0.1) is 0 Å². The third kappa shape index (κ3) is 27.7. The van der Waals surface area contributed by atoms with Crippen molar-refractivity contribution >= 4 is 17.9 Å². The topological polar surface area (TPSA) is 130 Å².